The zero-order chi connectivity index (χ0) is 11.5. The van der Waals surface area contributed by atoms with Crippen molar-refractivity contribution in [2.24, 2.45) is 0 Å². The van der Waals surface area contributed by atoms with Gasteiger partial charge in [-0.15, -0.1) is 11.3 Å². The molecule has 0 bridgehead atoms. The van der Waals surface area contributed by atoms with Gasteiger partial charge in [-0.1, -0.05) is 6.07 Å². The van der Waals surface area contributed by atoms with E-state index in [4.69, 9.17) is 0 Å². The van der Waals surface area contributed by atoms with Gasteiger partial charge in [-0.3, -0.25) is 14.8 Å². The molecule has 0 radical (unpaired) electrons. The molecule has 82 valence electrons. The molecule has 0 aliphatic heterocycles. The van der Waals surface area contributed by atoms with E-state index in [1.54, 1.807) is 17.9 Å². The number of aromatic nitrogens is 2. The Morgan fingerprint density at radius 2 is 2.19 bits per heavy atom. The number of carbonyl (C=O) groups is 1. The second-order valence-electron chi connectivity index (χ2n) is 3.75. The van der Waals surface area contributed by atoms with Crippen molar-refractivity contribution in [2.75, 3.05) is 0 Å². The van der Waals surface area contributed by atoms with E-state index in [2.05, 4.69) is 9.97 Å². The number of rotatable bonds is 3. The predicted molar refractivity (Wildman–Crippen MR) is 63.9 cm³/mol. The lowest BCUT2D eigenvalue weighted by atomic mass is 10.1. The molecule has 0 spiro atoms. The molecule has 0 aliphatic rings. The summed E-state index contributed by atoms with van der Waals surface area (Å²) < 4.78 is 0. The molecule has 0 aliphatic carbocycles. The van der Waals surface area contributed by atoms with Crippen LogP contribution in [-0.4, -0.2) is 15.8 Å². The van der Waals surface area contributed by atoms with E-state index < -0.39 is 0 Å². The first kappa shape index (κ1) is 11.0. The molecule has 0 aromatic carbocycles. The number of ketones is 1. The maximum Gasteiger partial charge on any atom is 0.186 e. The number of nitrogens with zero attached hydrogens (tertiary/aromatic N) is 2. The normalized spacial score (nSPS) is 10.4. The molecule has 2 rings (SSSR count). The minimum absolute atomic E-state index is 0.0572. The number of aryl methyl sites for hydroxylation is 2. The van der Waals surface area contributed by atoms with Gasteiger partial charge in [-0.25, -0.2) is 0 Å². The van der Waals surface area contributed by atoms with Crippen molar-refractivity contribution in [1.29, 1.82) is 0 Å². The monoisotopic (exact) mass is 232 g/mol. The highest BCUT2D eigenvalue weighted by molar-refractivity contribution is 7.09. The number of hydrogen-bond donors (Lipinski definition) is 0. The standard InChI is InChI=1S/C12H12N2OS/c1-8-3-9(2)12(14-5-8)11(15)4-10-6-13-7-16-10/h3,5-7H,4H2,1-2H3. The van der Waals surface area contributed by atoms with E-state index >= 15 is 0 Å². The lowest BCUT2D eigenvalue weighted by Crippen LogP contribution is -2.07. The van der Waals surface area contributed by atoms with E-state index in [1.807, 2.05) is 19.9 Å². The van der Waals surface area contributed by atoms with Gasteiger partial charge in [0, 0.05) is 23.7 Å². The van der Waals surface area contributed by atoms with Gasteiger partial charge in [0.05, 0.1) is 5.51 Å². The van der Waals surface area contributed by atoms with Crippen molar-refractivity contribution >= 4 is 17.1 Å². The first-order valence-electron chi connectivity index (χ1n) is 5.00. The Kier molecular flexibility index (Phi) is 3.10. The van der Waals surface area contributed by atoms with Crippen LogP contribution in [0.2, 0.25) is 0 Å². The summed E-state index contributed by atoms with van der Waals surface area (Å²) in [4.78, 5) is 21.1. The minimum Gasteiger partial charge on any atom is -0.292 e. The van der Waals surface area contributed by atoms with Crippen LogP contribution >= 0.6 is 11.3 Å². The zero-order valence-electron chi connectivity index (χ0n) is 9.23. The molecule has 0 atom stereocenters. The Hall–Kier alpha value is -1.55. The van der Waals surface area contributed by atoms with Crippen molar-refractivity contribution in [3.8, 4) is 0 Å². The third-order valence-corrected chi connectivity index (χ3v) is 3.08. The van der Waals surface area contributed by atoms with E-state index in [-0.39, 0.29) is 5.78 Å². The summed E-state index contributed by atoms with van der Waals surface area (Å²) >= 11 is 1.50. The maximum atomic E-state index is 12.0. The summed E-state index contributed by atoms with van der Waals surface area (Å²) in [6.45, 7) is 3.89. The van der Waals surface area contributed by atoms with E-state index in [0.717, 1.165) is 16.0 Å². The predicted octanol–water partition coefficient (Wildman–Crippen LogP) is 2.58. The number of hydrogen-bond acceptors (Lipinski definition) is 4. The van der Waals surface area contributed by atoms with Crippen LogP contribution < -0.4 is 0 Å². The summed E-state index contributed by atoms with van der Waals surface area (Å²) in [5, 5.41) is 0. The highest BCUT2D eigenvalue weighted by atomic mass is 32.1. The molecule has 2 aromatic heterocycles. The Morgan fingerprint density at radius 1 is 1.38 bits per heavy atom. The Labute approximate surface area is 98.2 Å². The minimum atomic E-state index is 0.0572. The van der Waals surface area contributed by atoms with Crippen LogP contribution in [-0.2, 0) is 6.42 Å². The van der Waals surface area contributed by atoms with Gasteiger partial charge in [0.25, 0.3) is 0 Å². The summed E-state index contributed by atoms with van der Waals surface area (Å²) in [5.74, 6) is 0.0572. The van der Waals surface area contributed by atoms with Crippen LogP contribution in [0.25, 0.3) is 0 Å². The lowest BCUT2D eigenvalue weighted by Gasteiger charge is -2.03. The number of pyridine rings is 1. The van der Waals surface area contributed by atoms with Gasteiger partial charge in [-0.05, 0) is 25.0 Å². The molecular formula is C12H12N2OS. The third kappa shape index (κ3) is 2.33. The summed E-state index contributed by atoms with van der Waals surface area (Å²) in [7, 11) is 0. The maximum absolute atomic E-state index is 12.0. The first-order valence-corrected chi connectivity index (χ1v) is 5.88. The zero-order valence-corrected chi connectivity index (χ0v) is 10.0. The van der Waals surface area contributed by atoms with Gasteiger partial charge in [0.2, 0.25) is 0 Å². The van der Waals surface area contributed by atoms with Crippen LogP contribution in [0.3, 0.4) is 0 Å². The largest absolute Gasteiger partial charge is 0.292 e. The summed E-state index contributed by atoms with van der Waals surface area (Å²) in [6.07, 6.45) is 3.85. The molecule has 3 nitrogen and oxygen atoms in total. The average molecular weight is 232 g/mol. The quantitative estimate of drug-likeness (QED) is 0.764. The molecular weight excluding hydrogens is 220 g/mol. The second kappa shape index (κ2) is 4.53. The van der Waals surface area contributed by atoms with Crippen LogP contribution in [0, 0.1) is 13.8 Å². The fourth-order valence-electron chi connectivity index (χ4n) is 1.58. The van der Waals surface area contributed by atoms with Gasteiger partial charge >= 0.3 is 0 Å². The molecule has 2 aromatic rings. The second-order valence-corrected chi connectivity index (χ2v) is 4.72. The highest BCUT2D eigenvalue weighted by Gasteiger charge is 2.12. The summed E-state index contributed by atoms with van der Waals surface area (Å²) in [6, 6.07) is 1.98. The van der Waals surface area contributed by atoms with E-state index in [1.165, 1.54) is 11.3 Å². The van der Waals surface area contributed by atoms with Crippen LogP contribution in [0.4, 0.5) is 0 Å². The van der Waals surface area contributed by atoms with Crippen molar-refractivity contribution in [3.05, 3.63) is 45.7 Å². The highest BCUT2D eigenvalue weighted by Crippen LogP contribution is 2.13. The molecule has 0 saturated heterocycles. The molecule has 0 N–H and O–H groups in total. The molecule has 2 heterocycles. The topological polar surface area (TPSA) is 42.9 Å². The van der Waals surface area contributed by atoms with Gasteiger partial charge in [-0.2, -0.15) is 0 Å². The number of Topliss-reactive ketones (excluding diaryl/α,β-unsaturated/α-hetero) is 1. The molecule has 0 unspecified atom stereocenters. The Balaban J connectivity index is 2.21. The lowest BCUT2D eigenvalue weighted by molar-refractivity contribution is 0.0988. The fraction of sp³-hybridized carbons (Fsp3) is 0.250. The molecule has 16 heavy (non-hydrogen) atoms. The molecule has 0 fully saturated rings. The number of carbonyl (C=O) groups excluding carboxylic acids is 1. The fourth-order valence-corrected chi connectivity index (χ4v) is 2.17. The van der Waals surface area contributed by atoms with Crippen LogP contribution in [0.5, 0.6) is 0 Å². The SMILES string of the molecule is Cc1cnc(C(=O)Cc2cncs2)c(C)c1. The van der Waals surface area contributed by atoms with Crippen LogP contribution in [0.1, 0.15) is 26.5 Å². The van der Waals surface area contributed by atoms with Crippen LogP contribution in [0.15, 0.2) is 24.0 Å². The average Bonchev–Trinajstić information content (AvgIpc) is 2.70. The van der Waals surface area contributed by atoms with Gasteiger partial charge < -0.3 is 0 Å². The smallest absolute Gasteiger partial charge is 0.186 e. The molecule has 0 amide bonds. The van der Waals surface area contributed by atoms with E-state index in [0.29, 0.717) is 12.1 Å². The molecule has 4 heteroatoms. The van der Waals surface area contributed by atoms with Gasteiger partial charge in [0.1, 0.15) is 5.69 Å². The third-order valence-electron chi connectivity index (χ3n) is 2.30. The summed E-state index contributed by atoms with van der Waals surface area (Å²) in [5.41, 5.74) is 4.32. The van der Waals surface area contributed by atoms with Crippen molar-refractivity contribution in [2.45, 2.75) is 20.3 Å². The van der Waals surface area contributed by atoms with E-state index in [9.17, 15) is 4.79 Å². The first-order chi connectivity index (χ1) is 7.66. The van der Waals surface area contributed by atoms with Gasteiger partial charge in [0.15, 0.2) is 5.78 Å². The van der Waals surface area contributed by atoms with Crippen molar-refractivity contribution in [3.63, 3.8) is 0 Å². The Morgan fingerprint density at radius 3 is 2.81 bits per heavy atom. The van der Waals surface area contributed by atoms with Crippen molar-refractivity contribution < 1.29 is 4.79 Å². The number of thiazole rings is 1. The van der Waals surface area contributed by atoms with Crippen molar-refractivity contribution in [1.82, 2.24) is 9.97 Å². The molecule has 0 saturated carbocycles. The Bertz CT molecular complexity index is 506.